The lowest BCUT2D eigenvalue weighted by Gasteiger charge is -2.33. The molecule has 0 aliphatic carbocycles. The summed E-state index contributed by atoms with van der Waals surface area (Å²) >= 11 is 3.74. The Morgan fingerprint density at radius 2 is 1.57 bits per heavy atom. The van der Waals surface area contributed by atoms with Gasteiger partial charge in [0, 0.05) is 44.5 Å². The number of hydrogen-bond donors (Lipinski definition) is 1. The van der Waals surface area contributed by atoms with Crippen LogP contribution < -0.4 is 14.2 Å². The Labute approximate surface area is 331 Å². The van der Waals surface area contributed by atoms with Crippen LogP contribution >= 0.6 is 15.9 Å². The third-order valence-corrected chi connectivity index (χ3v) is 9.14. The fourth-order valence-corrected chi connectivity index (χ4v) is 6.61. The zero-order chi connectivity index (χ0) is 40.4. The van der Waals surface area contributed by atoms with E-state index in [0.29, 0.717) is 30.9 Å². The van der Waals surface area contributed by atoms with Gasteiger partial charge in [-0.3, -0.25) is 0 Å². The second kappa shape index (κ2) is 24.2. The summed E-state index contributed by atoms with van der Waals surface area (Å²) in [4.78, 5) is 11.3. The molecule has 54 heavy (non-hydrogen) atoms. The standard InChI is InChI=1S/C43H61BrO10/c1-27(2)53-38-24-35(44)41(54-28(3)4)34(42(38)50-12)21-29(5)22-37(49-11)40(51-25-33-18-14-13-15-19-33)32(8)23-31(7)39(52-26-47-9)36(48-10)20-16-17-30(6)43(45)46/h13-15,17-19,23-24,27-29,32,36-37,39-40H,21-22,25-26H2,1-12H3,(H,45,46)/b30-17+,31-23+/t29-,32+,36+,37+,39+,40-/m1/s1. The van der Waals surface area contributed by atoms with Gasteiger partial charge in [0.15, 0.2) is 11.5 Å². The van der Waals surface area contributed by atoms with E-state index >= 15 is 0 Å². The van der Waals surface area contributed by atoms with Crippen molar-refractivity contribution in [3.8, 4) is 29.1 Å². The summed E-state index contributed by atoms with van der Waals surface area (Å²) in [5.74, 6) is 6.76. The number of halogens is 1. The molecule has 10 nitrogen and oxygen atoms in total. The Morgan fingerprint density at radius 3 is 2.13 bits per heavy atom. The first-order chi connectivity index (χ1) is 25.7. The Balaban J connectivity index is 2.54. The van der Waals surface area contributed by atoms with E-state index < -0.39 is 18.2 Å². The summed E-state index contributed by atoms with van der Waals surface area (Å²) in [5, 5.41) is 9.24. The molecule has 1 N–H and O–H groups in total. The van der Waals surface area contributed by atoms with Gasteiger partial charge in [0.2, 0.25) is 0 Å². The number of aliphatic carboxylic acids is 1. The van der Waals surface area contributed by atoms with Gasteiger partial charge in [-0.05, 0) is 93.4 Å². The second-order valence-electron chi connectivity index (χ2n) is 14.0. The van der Waals surface area contributed by atoms with Crippen LogP contribution in [0.4, 0.5) is 0 Å². The monoisotopic (exact) mass is 816 g/mol. The molecule has 0 fully saturated rings. The van der Waals surface area contributed by atoms with E-state index in [9.17, 15) is 9.90 Å². The van der Waals surface area contributed by atoms with Crippen molar-refractivity contribution in [1.82, 2.24) is 0 Å². The molecule has 0 bridgehead atoms. The Hall–Kier alpha value is -3.37. The molecule has 300 valence electrons. The van der Waals surface area contributed by atoms with Crippen molar-refractivity contribution in [2.24, 2.45) is 11.8 Å². The van der Waals surface area contributed by atoms with Crippen molar-refractivity contribution < 1.29 is 47.8 Å². The molecule has 0 radical (unpaired) electrons. The number of allylic oxidation sites excluding steroid dienone is 1. The molecular formula is C43H61BrO10. The topological polar surface area (TPSA) is 111 Å². The quantitative estimate of drug-likeness (QED) is 0.0506. The molecule has 0 aliphatic heterocycles. The highest BCUT2D eigenvalue weighted by molar-refractivity contribution is 9.10. The van der Waals surface area contributed by atoms with Crippen LogP contribution in [0.3, 0.4) is 0 Å². The summed E-state index contributed by atoms with van der Waals surface area (Å²) in [5.41, 5.74) is 2.94. The van der Waals surface area contributed by atoms with Crippen LogP contribution in [0, 0.1) is 23.7 Å². The van der Waals surface area contributed by atoms with Gasteiger partial charge < -0.3 is 43.0 Å². The first-order valence-corrected chi connectivity index (χ1v) is 19.1. The van der Waals surface area contributed by atoms with Crippen molar-refractivity contribution in [3.63, 3.8) is 0 Å². The molecule has 0 heterocycles. The van der Waals surface area contributed by atoms with Gasteiger partial charge in [-0.25, -0.2) is 4.79 Å². The molecule has 0 spiro atoms. The predicted octanol–water partition coefficient (Wildman–Crippen LogP) is 8.82. The Bertz CT molecular complexity index is 1560. The number of methoxy groups -OCH3 is 4. The first kappa shape index (κ1) is 46.8. The summed E-state index contributed by atoms with van der Waals surface area (Å²) in [6.45, 7) is 16.1. The highest BCUT2D eigenvalue weighted by atomic mass is 79.9. The van der Waals surface area contributed by atoms with Crippen LogP contribution in [0.2, 0.25) is 0 Å². The summed E-state index contributed by atoms with van der Waals surface area (Å²) in [6, 6.07) is 12.0. The van der Waals surface area contributed by atoms with Crippen LogP contribution in [0.15, 0.2) is 64.2 Å². The third kappa shape index (κ3) is 15.0. The van der Waals surface area contributed by atoms with Crippen LogP contribution in [0.5, 0.6) is 17.2 Å². The van der Waals surface area contributed by atoms with E-state index in [4.69, 9.17) is 37.9 Å². The van der Waals surface area contributed by atoms with Crippen LogP contribution in [0.1, 0.15) is 72.9 Å². The zero-order valence-corrected chi connectivity index (χ0v) is 35.7. The maximum Gasteiger partial charge on any atom is 0.331 e. The van der Waals surface area contributed by atoms with E-state index in [-0.39, 0.29) is 48.6 Å². The van der Waals surface area contributed by atoms with E-state index in [1.807, 2.05) is 71.0 Å². The lowest BCUT2D eigenvalue weighted by Crippen LogP contribution is -2.38. The first-order valence-electron chi connectivity index (χ1n) is 18.3. The average molecular weight is 818 g/mol. The minimum Gasteiger partial charge on any atom is -0.492 e. The lowest BCUT2D eigenvalue weighted by molar-refractivity contribution is -0.132. The molecular weight excluding hydrogens is 756 g/mol. The minimum absolute atomic E-state index is 0.00735. The smallest absolute Gasteiger partial charge is 0.331 e. The maximum absolute atomic E-state index is 11.3. The van der Waals surface area contributed by atoms with Gasteiger partial charge in [-0.2, -0.15) is 0 Å². The molecule has 2 aromatic carbocycles. The van der Waals surface area contributed by atoms with Crippen molar-refractivity contribution in [1.29, 1.82) is 0 Å². The van der Waals surface area contributed by atoms with Gasteiger partial charge >= 0.3 is 5.97 Å². The van der Waals surface area contributed by atoms with E-state index in [0.717, 1.165) is 26.9 Å². The van der Waals surface area contributed by atoms with E-state index in [2.05, 4.69) is 47.7 Å². The molecule has 0 saturated carbocycles. The lowest BCUT2D eigenvalue weighted by atomic mass is 9.87. The molecule has 0 saturated heterocycles. The van der Waals surface area contributed by atoms with Crippen molar-refractivity contribution in [2.45, 2.75) is 111 Å². The van der Waals surface area contributed by atoms with Gasteiger partial charge in [0.25, 0.3) is 0 Å². The number of carboxylic acid groups (broad SMARTS) is 1. The van der Waals surface area contributed by atoms with Gasteiger partial charge in [0.1, 0.15) is 24.8 Å². The van der Waals surface area contributed by atoms with Crippen LogP contribution in [-0.2, 0) is 41.5 Å². The van der Waals surface area contributed by atoms with Crippen LogP contribution in [-0.4, -0.2) is 82.9 Å². The molecule has 2 aromatic rings. The van der Waals surface area contributed by atoms with Crippen molar-refractivity contribution in [2.75, 3.05) is 35.2 Å². The normalized spacial score (nSPS) is 15.5. The van der Waals surface area contributed by atoms with Crippen LogP contribution in [0.25, 0.3) is 0 Å². The number of hydrogen-bond acceptors (Lipinski definition) is 9. The second-order valence-corrected chi connectivity index (χ2v) is 14.8. The fraction of sp³-hybridized carbons (Fsp3) is 0.558. The van der Waals surface area contributed by atoms with E-state index in [1.54, 1.807) is 21.3 Å². The zero-order valence-electron chi connectivity index (χ0n) is 34.1. The predicted molar refractivity (Wildman–Crippen MR) is 215 cm³/mol. The number of ether oxygens (including phenoxy) is 8. The molecule has 11 heteroatoms. The summed E-state index contributed by atoms with van der Waals surface area (Å²) < 4.78 is 49.3. The highest BCUT2D eigenvalue weighted by Crippen LogP contribution is 2.45. The van der Waals surface area contributed by atoms with E-state index in [1.165, 1.54) is 20.1 Å². The maximum atomic E-state index is 11.3. The number of carboxylic acids is 1. The van der Waals surface area contributed by atoms with Gasteiger partial charge in [-0.1, -0.05) is 62.1 Å². The number of rotatable bonds is 23. The average Bonchev–Trinajstić information content (AvgIpc) is 3.11. The summed E-state index contributed by atoms with van der Waals surface area (Å²) in [7, 11) is 6.46. The molecule has 0 aliphatic rings. The highest BCUT2D eigenvalue weighted by Gasteiger charge is 2.32. The molecule has 6 atom stereocenters. The fourth-order valence-electron chi connectivity index (χ4n) is 6.07. The molecule has 0 amide bonds. The molecule has 0 aromatic heterocycles. The van der Waals surface area contributed by atoms with Crippen molar-refractivity contribution >= 4 is 21.9 Å². The van der Waals surface area contributed by atoms with Crippen molar-refractivity contribution in [3.05, 3.63) is 75.3 Å². The van der Waals surface area contributed by atoms with Gasteiger partial charge in [0.05, 0.1) is 42.6 Å². The number of benzene rings is 2. The minimum atomic E-state index is -1.04. The SMILES string of the molecule is COCO[C@@H](/C(C)=C/[C@H](C)[C@@H](OCc1ccccc1)[C@H](C[C@H](C)Cc1c(OC(C)C)c(Br)cc(OC(C)C)c1OC)OC)[C@H](C#C/C=C(\C)C(=O)O)OC. The third-order valence-electron chi connectivity index (χ3n) is 8.55. The molecule has 0 unspecified atom stereocenters. The Kier molecular flexibility index (Phi) is 21.0. The molecule has 2 rings (SSSR count). The largest absolute Gasteiger partial charge is 0.492 e. The number of carbonyl (C=O) groups is 1. The Morgan fingerprint density at radius 1 is 0.907 bits per heavy atom. The summed E-state index contributed by atoms with van der Waals surface area (Å²) in [6.07, 6.45) is 2.66. The van der Waals surface area contributed by atoms with Gasteiger partial charge in [-0.15, -0.1) is 0 Å².